The van der Waals surface area contributed by atoms with Gasteiger partial charge in [0.05, 0.1) is 6.54 Å². The molecule has 2 rings (SSSR count). The van der Waals surface area contributed by atoms with E-state index in [2.05, 4.69) is 16.8 Å². The Balaban J connectivity index is 0.00000242. The smallest absolute Gasteiger partial charge is 0.191 e. The molecule has 1 saturated heterocycles. The third-order valence-electron chi connectivity index (χ3n) is 4.03. The Morgan fingerprint density at radius 3 is 2.73 bits per heavy atom. The summed E-state index contributed by atoms with van der Waals surface area (Å²) in [5.74, 6) is 1.40. The van der Waals surface area contributed by atoms with Crippen molar-refractivity contribution in [3.05, 3.63) is 34.9 Å². The standard InChI is InChI=1S/C16H24ClN3O.HI/c1-12-6-8-20(9-7-12)16(18)19-11-15(21-2)13-4-3-5-14(17)10-13;/h3-5,10,12,15H,6-9,11H2,1-2H3,(H2,18,19);1H. The number of benzene rings is 1. The lowest BCUT2D eigenvalue weighted by Gasteiger charge is -2.31. The molecule has 0 aromatic heterocycles. The van der Waals surface area contributed by atoms with Gasteiger partial charge in [0.1, 0.15) is 6.10 Å². The first-order valence-corrected chi connectivity index (χ1v) is 7.81. The van der Waals surface area contributed by atoms with Crippen molar-refractivity contribution in [3.8, 4) is 0 Å². The quantitative estimate of drug-likeness (QED) is 0.444. The highest BCUT2D eigenvalue weighted by Gasteiger charge is 2.17. The molecule has 1 fully saturated rings. The number of guanidine groups is 1. The minimum atomic E-state index is -0.119. The molecule has 2 N–H and O–H groups in total. The minimum absolute atomic E-state index is 0. The van der Waals surface area contributed by atoms with Crippen LogP contribution in [0.25, 0.3) is 0 Å². The molecule has 1 unspecified atom stereocenters. The van der Waals surface area contributed by atoms with Crippen molar-refractivity contribution in [3.63, 3.8) is 0 Å². The second kappa shape index (κ2) is 9.57. The summed E-state index contributed by atoms with van der Waals surface area (Å²) in [5.41, 5.74) is 7.12. The molecule has 1 atom stereocenters. The first kappa shape index (κ1) is 19.5. The third kappa shape index (κ3) is 5.59. The number of aliphatic imine (C=N–C) groups is 1. The maximum atomic E-state index is 6.10. The van der Waals surface area contributed by atoms with E-state index >= 15 is 0 Å². The summed E-state index contributed by atoms with van der Waals surface area (Å²) in [7, 11) is 1.68. The molecular weight excluding hydrogens is 413 g/mol. The van der Waals surface area contributed by atoms with Crippen LogP contribution < -0.4 is 5.73 Å². The van der Waals surface area contributed by atoms with E-state index < -0.39 is 0 Å². The average Bonchev–Trinajstić information content (AvgIpc) is 2.48. The zero-order valence-corrected chi connectivity index (χ0v) is 16.3. The number of likely N-dealkylation sites (tertiary alicyclic amines) is 1. The van der Waals surface area contributed by atoms with Crippen molar-refractivity contribution >= 4 is 41.5 Å². The molecule has 6 heteroatoms. The third-order valence-corrected chi connectivity index (χ3v) is 4.27. The van der Waals surface area contributed by atoms with E-state index in [0.29, 0.717) is 17.5 Å². The Hall–Kier alpha value is -0.530. The van der Waals surface area contributed by atoms with E-state index in [1.165, 1.54) is 12.8 Å². The molecule has 0 saturated carbocycles. The number of rotatable bonds is 4. The van der Waals surface area contributed by atoms with E-state index in [1.807, 2.05) is 24.3 Å². The fourth-order valence-electron chi connectivity index (χ4n) is 2.54. The van der Waals surface area contributed by atoms with Crippen molar-refractivity contribution in [1.29, 1.82) is 0 Å². The Morgan fingerprint density at radius 1 is 1.45 bits per heavy atom. The maximum Gasteiger partial charge on any atom is 0.191 e. The largest absolute Gasteiger partial charge is 0.375 e. The molecule has 1 aliphatic rings. The number of ether oxygens (including phenoxy) is 1. The zero-order chi connectivity index (χ0) is 15.2. The normalized spacial score (nSPS) is 18.0. The van der Waals surface area contributed by atoms with Gasteiger partial charge >= 0.3 is 0 Å². The van der Waals surface area contributed by atoms with Gasteiger partial charge in [-0.1, -0.05) is 30.7 Å². The highest BCUT2D eigenvalue weighted by Crippen LogP contribution is 2.21. The zero-order valence-electron chi connectivity index (χ0n) is 13.2. The molecule has 1 aromatic rings. The molecule has 1 aliphatic heterocycles. The van der Waals surface area contributed by atoms with Gasteiger partial charge in [0.15, 0.2) is 5.96 Å². The molecule has 22 heavy (non-hydrogen) atoms. The highest BCUT2D eigenvalue weighted by atomic mass is 127. The molecule has 0 amide bonds. The number of hydrogen-bond donors (Lipinski definition) is 1. The van der Waals surface area contributed by atoms with Crippen LogP contribution in [0.3, 0.4) is 0 Å². The van der Waals surface area contributed by atoms with Gasteiger partial charge in [0.2, 0.25) is 0 Å². The van der Waals surface area contributed by atoms with Crippen LogP contribution in [-0.4, -0.2) is 37.6 Å². The molecule has 0 aliphatic carbocycles. The summed E-state index contributed by atoms with van der Waals surface area (Å²) >= 11 is 6.02. The Morgan fingerprint density at radius 2 is 2.14 bits per heavy atom. The second-order valence-electron chi connectivity index (χ2n) is 5.65. The number of halogens is 2. The van der Waals surface area contributed by atoms with Crippen LogP contribution in [-0.2, 0) is 4.74 Å². The summed E-state index contributed by atoms with van der Waals surface area (Å²) in [4.78, 5) is 6.66. The molecular formula is C16H25ClIN3O. The molecule has 4 nitrogen and oxygen atoms in total. The van der Waals surface area contributed by atoms with Crippen LogP contribution in [0, 0.1) is 5.92 Å². The SMILES string of the molecule is COC(CN=C(N)N1CCC(C)CC1)c1cccc(Cl)c1.I. The predicted molar refractivity (Wildman–Crippen MR) is 103 cm³/mol. The van der Waals surface area contributed by atoms with Crippen LogP contribution in [0.5, 0.6) is 0 Å². The summed E-state index contributed by atoms with van der Waals surface area (Å²) < 4.78 is 5.51. The molecule has 0 bridgehead atoms. The summed E-state index contributed by atoms with van der Waals surface area (Å²) in [6.07, 6.45) is 2.24. The van der Waals surface area contributed by atoms with Crippen LogP contribution in [0.15, 0.2) is 29.3 Å². The average molecular weight is 438 g/mol. The van der Waals surface area contributed by atoms with Crippen molar-refractivity contribution in [2.75, 3.05) is 26.7 Å². The van der Waals surface area contributed by atoms with Crippen molar-refractivity contribution in [2.24, 2.45) is 16.6 Å². The molecule has 124 valence electrons. The highest BCUT2D eigenvalue weighted by molar-refractivity contribution is 14.0. The summed E-state index contributed by atoms with van der Waals surface area (Å²) in [6.45, 7) is 4.77. The molecule has 1 heterocycles. The first-order chi connectivity index (χ1) is 10.1. The predicted octanol–water partition coefficient (Wildman–Crippen LogP) is 3.69. The van der Waals surface area contributed by atoms with Gasteiger partial charge in [-0.25, -0.2) is 0 Å². The van der Waals surface area contributed by atoms with Crippen LogP contribution in [0.1, 0.15) is 31.4 Å². The fraction of sp³-hybridized carbons (Fsp3) is 0.562. The number of nitrogens with zero attached hydrogens (tertiary/aromatic N) is 2. The number of methoxy groups -OCH3 is 1. The Bertz CT molecular complexity index is 490. The van der Waals surface area contributed by atoms with Gasteiger partial charge in [-0.05, 0) is 36.5 Å². The lowest BCUT2D eigenvalue weighted by Crippen LogP contribution is -2.42. The van der Waals surface area contributed by atoms with Gasteiger partial charge in [-0.15, -0.1) is 24.0 Å². The monoisotopic (exact) mass is 437 g/mol. The minimum Gasteiger partial charge on any atom is -0.375 e. The Labute approximate surface area is 155 Å². The number of nitrogens with two attached hydrogens (primary N) is 1. The van der Waals surface area contributed by atoms with Crippen LogP contribution in [0.4, 0.5) is 0 Å². The first-order valence-electron chi connectivity index (χ1n) is 7.43. The van der Waals surface area contributed by atoms with E-state index in [9.17, 15) is 0 Å². The van der Waals surface area contributed by atoms with Crippen molar-refractivity contribution < 1.29 is 4.74 Å². The fourth-order valence-corrected chi connectivity index (χ4v) is 2.74. The van der Waals surface area contributed by atoms with Gasteiger partial charge in [0, 0.05) is 25.2 Å². The molecule has 0 radical (unpaired) electrons. The van der Waals surface area contributed by atoms with Gasteiger partial charge < -0.3 is 15.4 Å². The van der Waals surface area contributed by atoms with Crippen molar-refractivity contribution in [1.82, 2.24) is 4.90 Å². The molecule has 1 aromatic carbocycles. The topological polar surface area (TPSA) is 50.9 Å². The molecule has 0 spiro atoms. The Kier molecular flexibility index (Phi) is 8.49. The number of piperidine rings is 1. The van der Waals surface area contributed by atoms with Crippen LogP contribution >= 0.6 is 35.6 Å². The summed E-state index contributed by atoms with van der Waals surface area (Å²) in [6, 6.07) is 7.67. The number of hydrogen-bond acceptors (Lipinski definition) is 2. The van der Waals surface area contributed by atoms with E-state index in [4.69, 9.17) is 22.1 Å². The summed E-state index contributed by atoms with van der Waals surface area (Å²) in [5, 5.41) is 0.705. The van der Waals surface area contributed by atoms with E-state index in [-0.39, 0.29) is 30.1 Å². The lowest BCUT2D eigenvalue weighted by molar-refractivity contribution is 0.110. The van der Waals surface area contributed by atoms with Gasteiger partial charge in [0.25, 0.3) is 0 Å². The lowest BCUT2D eigenvalue weighted by atomic mass is 10.00. The van der Waals surface area contributed by atoms with Crippen LogP contribution in [0.2, 0.25) is 5.02 Å². The van der Waals surface area contributed by atoms with Crippen molar-refractivity contribution in [2.45, 2.75) is 25.9 Å². The van der Waals surface area contributed by atoms with Gasteiger partial charge in [-0.3, -0.25) is 4.99 Å². The maximum absolute atomic E-state index is 6.10. The van der Waals surface area contributed by atoms with E-state index in [1.54, 1.807) is 7.11 Å². The van der Waals surface area contributed by atoms with Gasteiger partial charge in [-0.2, -0.15) is 0 Å². The second-order valence-corrected chi connectivity index (χ2v) is 6.08. The van der Waals surface area contributed by atoms with E-state index in [0.717, 1.165) is 24.6 Å².